The van der Waals surface area contributed by atoms with Crippen LogP contribution in [0.4, 0.5) is 0 Å². The molecule has 1 fully saturated rings. The minimum Gasteiger partial charge on any atom is -0.327 e. The first-order chi connectivity index (χ1) is 7.03. The van der Waals surface area contributed by atoms with E-state index in [4.69, 9.17) is 0 Å². The molecular weight excluding hydrogens is 282 g/mol. The van der Waals surface area contributed by atoms with Crippen LogP contribution in [0.15, 0.2) is 16.0 Å². The summed E-state index contributed by atoms with van der Waals surface area (Å²) in [5.41, 5.74) is 0. The van der Waals surface area contributed by atoms with Crippen LogP contribution in [-0.2, 0) is 17.1 Å². The third-order valence-electron chi connectivity index (χ3n) is 2.48. The van der Waals surface area contributed by atoms with Gasteiger partial charge in [0.05, 0.1) is 6.33 Å². The number of hydrogen-bond donors (Lipinski definition) is 0. The molecule has 1 saturated heterocycles. The quantitative estimate of drug-likeness (QED) is 0.816. The molecule has 0 bridgehead atoms. The number of aryl methyl sites for hydroxylation is 1. The van der Waals surface area contributed by atoms with E-state index in [0.717, 1.165) is 12.8 Å². The van der Waals surface area contributed by atoms with Crippen LogP contribution >= 0.6 is 15.9 Å². The third-order valence-corrected chi connectivity index (χ3v) is 5.51. The highest BCUT2D eigenvalue weighted by Crippen LogP contribution is 2.25. The van der Waals surface area contributed by atoms with Crippen LogP contribution < -0.4 is 0 Å². The van der Waals surface area contributed by atoms with Crippen molar-refractivity contribution in [2.45, 2.75) is 17.9 Å². The topological polar surface area (TPSA) is 55.2 Å². The first-order valence-corrected chi connectivity index (χ1v) is 6.94. The van der Waals surface area contributed by atoms with Gasteiger partial charge in [-0.2, -0.15) is 4.31 Å². The molecule has 0 unspecified atom stereocenters. The lowest BCUT2D eigenvalue weighted by Crippen LogP contribution is -2.28. The van der Waals surface area contributed by atoms with Gasteiger partial charge >= 0.3 is 0 Å². The van der Waals surface area contributed by atoms with Crippen molar-refractivity contribution in [1.29, 1.82) is 0 Å². The maximum atomic E-state index is 12.1. The first kappa shape index (κ1) is 11.1. The van der Waals surface area contributed by atoms with Crippen molar-refractivity contribution in [3.05, 3.63) is 10.9 Å². The van der Waals surface area contributed by atoms with Gasteiger partial charge in [-0.05, 0) is 28.8 Å². The van der Waals surface area contributed by atoms with Gasteiger partial charge in [0.15, 0.2) is 0 Å². The summed E-state index contributed by atoms with van der Waals surface area (Å²) < 4.78 is 27.8. The lowest BCUT2D eigenvalue weighted by molar-refractivity contribution is 0.474. The highest BCUT2D eigenvalue weighted by atomic mass is 79.9. The van der Waals surface area contributed by atoms with Crippen molar-refractivity contribution in [2.24, 2.45) is 7.05 Å². The van der Waals surface area contributed by atoms with Gasteiger partial charge in [0, 0.05) is 20.1 Å². The predicted octanol–water partition coefficient (Wildman–Crippen LogP) is 0.967. The Bertz CT molecular complexity index is 462. The number of nitrogens with zero attached hydrogens (tertiary/aromatic N) is 3. The molecule has 0 spiro atoms. The molecule has 7 heteroatoms. The number of halogens is 1. The fourth-order valence-corrected chi connectivity index (χ4v) is 3.95. The van der Waals surface area contributed by atoms with E-state index >= 15 is 0 Å². The molecule has 84 valence electrons. The zero-order valence-corrected chi connectivity index (χ0v) is 10.8. The van der Waals surface area contributed by atoms with Gasteiger partial charge in [-0.15, -0.1) is 0 Å². The summed E-state index contributed by atoms with van der Waals surface area (Å²) in [7, 11) is -1.64. The lowest BCUT2D eigenvalue weighted by Gasteiger charge is -2.13. The second-order valence-corrected chi connectivity index (χ2v) is 6.17. The lowest BCUT2D eigenvalue weighted by atomic mass is 10.4. The van der Waals surface area contributed by atoms with Crippen LogP contribution in [0.5, 0.6) is 0 Å². The first-order valence-electron chi connectivity index (χ1n) is 4.70. The van der Waals surface area contributed by atoms with Crippen LogP contribution in [-0.4, -0.2) is 35.4 Å². The number of aromatic nitrogens is 2. The van der Waals surface area contributed by atoms with Crippen molar-refractivity contribution < 1.29 is 8.42 Å². The molecular formula is C8H12BrN3O2S. The van der Waals surface area contributed by atoms with E-state index in [0.29, 0.717) is 17.7 Å². The van der Waals surface area contributed by atoms with E-state index in [-0.39, 0.29) is 5.03 Å². The Balaban J connectivity index is 2.41. The molecule has 0 aliphatic carbocycles. The maximum Gasteiger partial charge on any atom is 0.263 e. The summed E-state index contributed by atoms with van der Waals surface area (Å²) in [5, 5.41) is 0.118. The molecule has 0 amide bonds. The van der Waals surface area contributed by atoms with Crippen molar-refractivity contribution >= 4 is 26.0 Å². The second-order valence-electron chi connectivity index (χ2n) is 3.56. The standard InChI is InChI=1S/C8H12BrN3O2S/c1-11-6-10-8(7(11)9)15(13,14)12-4-2-3-5-12/h6H,2-5H2,1H3. The Morgan fingerprint density at radius 2 is 2.00 bits per heavy atom. The van der Waals surface area contributed by atoms with E-state index in [2.05, 4.69) is 20.9 Å². The summed E-state index contributed by atoms with van der Waals surface area (Å²) in [6, 6.07) is 0. The highest BCUT2D eigenvalue weighted by Gasteiger charge is 2.31. The summed E-state index contributed by atoms with van der Waals surface area (Å²) in [4.78, 5) is 3.92. The number of imidazole rings is 1. The predicted molar refractivity (Wildman–Crippen MR) is 58.9 cm³/mol. The Labute approximate surface area is 97.3 Å². The van der Waals surface area contributed by atoms with Gasteiger partial charge in [-0.3, -0.25) is 0 Å². The van der Waals surface area contributed by atoms with E-state index in [1.807, 2.05) is 0 Å². The molecule has 0 radical (unpaired) electrons. The molecule has 0 aromatic carbocycles. The molecule has 1 aromatic heterocycles. The molecule has 1 aromatic rings. The normalized spacial score (nSPS) is 18.5. The molecule has 15 heavy (non-hydrogen) atoms. The van der Waals surface area contributed by atoms with Crippen LogP contribution in [0.2, 0.25) is 0 Å². The average molecular weight is 294 g/mol. The van der Waals surface area contributed by atoms with Crippen molar-refractivity contribution in [3.63, 3.8) is 0 Å². The van der Waals surface area contributed by atoms with Crippen LogP contribution in [0.3, 0.4) is 0 Å². The molecule has 1 aliphatic heterocycles. The van der Waals surface area contributed by atoms with Gasteiger partial charge in [0.2, 0.25) is 5.03 Å². The van der Waals surface area contributed by atoms with E-state index < -0.39 is 10.0 Å². The van der Waals surface area contributed by atoms with Gasteiger partial charge in [0.25, 0.3) is 10.0 Å². The number of hydrogen-bond acceptors (Lipinski definition) is 3. The number of sulfonamides is 1. The van der Waals surface area contributed by atoms with Gasteiger partial charge in [0.1, 0.15) is 4.60 Å². The Morgan fingerprint density at radius 1 is 1.40 bits per heavy atom. The largest absolute Gasteiger partial charge is 0.327 e. The van der Waals surface area contributed by atoms with E-state index in [9.17, 15) is 8.42 Å². The Morgan fingerprint density at radius 3 is 2.47 bits per heavy atom. The minimum atomic E-state index is -3.39. The molecule has 1 aliphatic rings. The van der Waals surface area contributed by atoms with Gasteiger partial charge in [-0.1, -0.05) is 0 Å². The van der Waals surface area contributed by atoms with Gasteiger partial charge in [-0.25, -0.2) is 13.4 Å². The smallest absolute Gasteiger partial charge is 0.263 e. The van der Waals surface area contributed by atoms with E-state index in [1.165, 1.54) is 10.6 Å². The maximum absolute atomic E-state index is 12.1. The fraction of sp³-hybridized carbons (Fsp3) is 0.625. The summed E-state index contributed by atoms with van der Waals surface area (Å²) in [5.74, 6) is 0. The van der Waals surface area contributed by atoms with Crippen LogP contribution in [0, 0.1) is 0 Å². The summed E-state index contributed by atoms with van der Waals surface area (Å²) in [6.07, 6.45) is 3.36. The van der Waals surface area contributed by atoms with Crippen molar-refractivity contribution in [1.82, 2.24) is 13.9 Å². The average Bonchev–Trinajstić information content (AvgIpc) is 2.78. The molecule has 0 N–H and O–H groups in total. The second kappa shape index (κ2) is 3.88. The highest BCUT2D eigenvalue weighted by molar-refractivity contribution is 9.10. The van der Waals surface area contributed by atoms with Crippen molar-refractivity contribution in [3.8, 4) is 0 Å². The monoisotopic (exact) mass is 293 g/mol. The van der Waals surface area contributed by atoms with Crippen molar-refractivity contribution in [2.75, 3.05) is 13.1 Å². The van der Waals surface area contributed by atoms with Crippen LogP contribution in [0.1, 0.15) is 12.8 Å². The SMILES string of the molecule is Cn1cnc(S(=O)(=O)N2CCCC2)c1Br. The van der Waals surface area contributed by atoms with Crippen LogP contribution in [0.25, 0.3) is 0 Å². The molecule has 2 rings (SSSR count). The minimum absolute atomic E-state index is 0.118. The number of rotatable bonds is 2. The molecule has 0 saturated carbocycles. The fourth-order valence-electron chi connectivity index (χ4n) is 1.62. The Hall–Kier alpha value is -0.400. The molecule has 0 atom stereocenters. The van der Waals surface area contributed by atoms with E-state index in [1.54, 1.807) is 11.6 Å². The third kappa shape index (κ3) is 1.83. The zero-order valence-electron chi connectivity index (χ0n) is 8.35. The Kier molecular flexibility index (Phi) is 2.87. The molecule has 5 nitrogen and oxygen atoms in total. The zero-order chi connectivity index (χ0) is 11.1. The summed E-state index contributed by atoms with van der Waals surface area (Å²) in [6.45, 7) is 1.21. The molecule has 2 heterocycles. The summed E-state index contributed by atoms with van der Waals surface area (Å²) >= 11 is 3.23. The van der Waals surface area contributed by atoms with Gasteiger partial charge < -0.3 is 4.57 Å².